The molecule has 1 aliphatic heterocycles. The van der Waals surface area contributed by atoms with Gasteiger partial charge in [-0.2, -0.15) is 13.2 Å². The van der Waals surface area contributed by atoms with Gasteiger partial charge in [0.05, 0.1) is 30.3 Å². The summed E-state index contributed by atoms with van der Waals surface area (Å²) in [7, 11) is 0. The third-order valence-corrected chi connectivity index (χ3v) is 7.04. The van der Waals surface area contributed by atoms with E-state index in [0.29, 0.717) is 47.1 Å². The van der Waals surface area contributed by atoms with Crippen molar-refractivity contribution >= 4 is 40.1 Å². The van der Waals surface area contributed by atoms with E-state index in [1.165, 1.54) is 23.3 Å². The van der Waals surface area contributed by atoms with Gasteiger partial charge in [-0.05, 0) is 56.2 Å². The number of carbonyl (C=O) groups is 1. The number of benzene rings is 2. The van der Waals surface area contributed by atoms with Crippen molar-refractivity contribution in [2.45, 2.75) is 32.6 Å². The fourth-order valence-corrected chi connectivity index (χ4v) is 4.78. The zero-order valence-corrected chi connectivity index (χ0v) is 23.0. The lowest BCUT2D eigenvalue weighted by molar-refractivity contribution is -0.137. The maximum Gasteiger partial charge on any atom is 0.416 e. The highest BCUT2D eigenvalue weighted by Crippen LogP contribution is 2.33. The van der Waals surface area contributed by atoms with E-state index < -0.39 is 23.8 Å². The number of halogens is 4. The minimum absolute atomic E-state index is 0.0280. The van der Waals surface area contributed by atoms with Crippen LogP contribution in [0.2, 0.25) is 0 Å². The molecule has 0 unspecified atom stereocenters. The summed E-state index contributed by atoms with van der Waals surface area (Å²) in [5.74, 6) is 0.104. The van der Waals surface area contributed by atoms with Crippen LogP contribution in [-0.4, -0.2) is 54.7 Å². The Hall–Kier alpha value is -5.14. The fourth-order valence-electron chi connectivity index (χ4n) is 4.78. The van der Waals surface area contributed by atoms with Crippen LogP contribution < -0.4 is 15.5 Å². The molecule has 5 aromatic rings. The molecular weight excluding hydrogens is 566 g/mol. The molecule has 0 saturated carbocycles. The molecule has 1 fully saturated rings. The van der Waals surface area contributed by atoms with E-state index in [9.17, 15) is 22.4 Å². The first-order valence-corrected chi connectivity index (χ1v) is 13.3. The summed E-state index contributed by atoms with van der Waals surface area (Å²) in [5.41, 5.74) is 2.27. The normalized spacial score (nSPS) is 15.2. The molecule has 1 saturated heterocycles. The molecule has 2 aromatic carbocycles. The number of nitrogens with zero attached hydrogens (tertiary/aromatic N) is 7. The van der Waals surface area contributed by atoms with Crippen LogP contribution in [0.4, 0.5) is 40.7 Å². The molecule has 3 aromatic heterocycles. The fraction of sp³-hybridized carbons (Fsp3) is 0.241. The van der Waals surface area contributed by atoms with Crippen LogP contribution in [0.1, 0.15) is 33.6 Å². The van der Waals surface area contributed by atoms with Crippen molar-refractivity contribution in [3.63, 3.8) is 0 Å². The lowest BCUT2D eigenvalue weighted by Gasteiger charge is -2.16. The molecule has 0 aliphatic carbocycles. The molecule has 43 heavy (non-hydrogen) atoms. The maximum absolute atomic E-state index is 13.8. The second-order valence-electron chi connectivity index (χ2n) is 10.3. The smallest absolute Gasteiger partial charge is 0.338 e. The van der Waals surface area contributed by atoms with Crippen molar-refractivity contribution in [1.82, 2.24) is 29.5 Å². The molecule has 1 aliphatic rings. The number of imidazole rings is 1. The van der Waals surface area contributed by atoms with Gasteiger partial charge in [0.15, 0.2) is 5.82 Å². The highest BCUT2D eigenvalue weighted by molar-refractivity contribution is 6.05. The summed E-state index contributed by atoms with van der Waals surface area (Å²) in [6, 6.07) is 8.17. The molecule has 10 nitrogen and oxygen atoms in total. The Labute approximate surface area is 242 Å². The second kappa shape index (κ2) is 10.9. The van der Waals surface area contributed by atoms with E-state index in [2.05, 4.69) is 35.6 Å². The topological polar surface area (TPSA) is 114 Å². The number of aromatic nitrogens is 6. The lowest BCUT2D eigenvalue weighted by Crippen LogP contribution is -2.22. The van der Waals surface area contributed by atoms with Crippen LogP contribution in [0.25, 0.3) is 16.7 Å². The first-order valence-electron chi connectivity index (χ1n) is 13.3. The third kappa shape index (κ3) is 5.94. The summed E-state index contributed by atoms with van der Waals surface area (Å²) < 4.78 is 56.3. The van der Waals surface area contributed by atoms with Crippen LogP contribution in [-0.2, 0) is 6.18 Å². The highest BCUT2D eigenvalue weighted by atomic mass is 19.4. The zero-order valence-electron chi connectivity index (χ0n) is 23.0. The molecule has 1 atom stereocenters. The van der Waals surface area contributed by atoms with E-state index in [-0.39, 0.29) is 23.5 Å². The van der Waals surface area contributed by atoms with Crippen molar-refractivity contribution in [3.05, 3.63) is 83.8 Å². The Balaban J connectivity index is 1.28. The lowest BCUT2D eigenvalue weighted by atomic mass is 10.1. The number of hydrogen-bond acceptors (Lipinski definition) is 8. The van der Waals surface area contributed by atoms with Crippen LogP contribution in [0.3, 0.4) is 0 Å². The minimum Gasteiger partial charge on any atom is -0.338 e. The SMILES string of the molecule is Cc1cn(-c2cc(NC(=O)c3ccc(C)c(Nc4ncnc5cnc(N6CC[C@H](F)C6)nc45)c3)cc(C(F)(F)F)c2)cn1. The van der Waals surface area contributed by atoms with Crippen LogP contribution in [0.15, 0.2) is 61.4 Å². The van der Waals surface area contributed by atoms with Gasteiger partial charge in [-0.3, -0.25) is 4.79 Å². The van der Waals surface area contributed by atoms with E-state index in [0.717, 1.165) is 17.7 Å². The molecular formula is C29H25F4N9O. The molecule has 2 N–H and O–H groups in total. The number of alkyl halides is 4. The van der Waals surface area contributed by atoms with Crippen molar-refractivity contribution in [2.24, 2.45) is 0 Å². The van der Waals surface area contributed by atoms with Gasteiger partial charge < -0.3 is 20.1 Å². The number of fused-ring (bicyclic) bond motifs is 1. The van der Waals surface area contributed by atoms with E-state index >= 15 is 0 Å². The van der Waals surface area contributed by atoms with Gasteiger partial charge in [-0.1, -0.05) is 6.07 Å². The number of nitrogens with one attached hydrogen (secondary N) is 2. The van der Waals surface area contributed by atoms with Gasteiger partial charge in [-0.25, -0.2) is 29.3 Å². The number of aryl methyl sites for hydroxylation is 2. The summed E-state index contributed by atoms with van der Waals surface area (Å²) >= 11 is 0. The van der Waals surface area contributed by atoms with E-state index in [1.807, 2.05) is 6.92 Å². The quantitative estimate of drug-likeness (QED) is 0.239. The Bertz CT molecular complexity index is 1840. The first-order chi connectivity index (χ1) is 20.5. The predicted molar refractivity (Wildman–Crippen MR) is 153 cm³/mol. The molecule has 1 amide bonds. The number of rotatable bonds is 6. The zero-order chi connectivity index (χ0) is 30.3. The standard InChI is InChI=1S/C29H25F4N9O/c1-16-3-4-18(27(43)38-21-8-19(29(31,32)33)9-22(10-21)42-12-17(2)37-15-42)7-23(16)39-26-25-24(35-14-36-26)11-34-28(40-25)41-6-5-20(30)13-41/h3-4,7-12,14-15,20H,5-6,13H2,1-2H3,(H,38,43)(H,35,36,39)/t20-/m0/s1. The monoisotopic (exact) mass is 591 g/mol. The van der Waals surface area contributed by atoms with E-state index in [4.69, 9.17) is 0 Å². The van der Waals surface area contributed by atoms with Gasteiger partial charge >= 0.3 is 6.18 Å². The largest absolute Gasteiger partial charge is 0.416 e. The van der Waals surface area contributed by atoms with Crippen molar-refractivity contribution in [3.8, 4) is 5.69 Å². The number of amides is 1. The van der Waals surface area contributed by atoms with Crippen LogP contribution in [0.5, 0.6) is 0 Å². The summed E-state index contributed by atoms with van der Waals surface area (Å²) in [4.78, 5) is 36.5. The predicted octanol–water partition coefficient (Wildman–Crippen LogP) is 5.79. The van der Waals surface area contributed by atoms with Crippen molar-refractivity contribution in [1.29, 1.82) is 0 Å². The third-order valence-electron chi connectivity index (χ3n) is 7.04. The minimum atomic E-state index is -4.63. The number of anilines is 4. The molecule has 0 radical (unpaired) electrons. The first kappa shape index (κ1) is 28.0. The van der Waals surface area contributed by atoms with Crippen molar-refractivity contribution in [2.75, 3.05) is 28.6 Å². The molecule has 220 valence electrons. The Morgan fingerprint density at radius 2 is 1.88 bits per heavy atom. The second-order valence-corrected chi connectivity index (χ2v) is 10.3. The van der Waals surface area contributed by atoms with Gasteiger partial charge in [0.2, 0.25) is 5.95 Å². The van der Waals surface area contributed by atoms with E-state index in [1.54, 1.807) is 42.4 Å². The molecule has 4 heterocycles. The Morgan fingerprint density at radius 1 is 1.05 bits per heavy atom. The highest BCUT2D eigenvalue weighted by Gasteiger charge is 2.32. The Kier molecular flexibility index (Phi) is 7.12. The van der Waals surface area contributed by atoms with Crippen LogP contribution >= 0.6 is 0 Å². The average molecular weight is 592 g/mol. The molecule has 6 rings (SSSR count). The average Bonchev–Trinajstić information content (AvgIpc) is 3.61. The number of hydrogen-bond donors (Lipinski definition) is 2. The van der Waals surface area contributed by atoms with Gasteiger partial charge in [0.25, 0.3) is 5.91 Å². The molecule has 0 spiro atoms. The summed E-state index contributed by atoms with van der Waals surface area (Å²) in [6.07, 6.45) is 0.711. The van der Waals surface area contributed by atoms with Gasteiger partial charge in [-0.15, -0.1) is 0 Å². The summed E-state index contributed by atoms with van der Waals surface area (Å²) in [6.45, 7) is 4.24. The van der Waals surface area contributed by atoms with Gasteiger partial charge in [0, 0.05) is 35.4 Å². The molecule has 14 heteroatoms. The maximum atomic E-state index is 13.8. The van der Waals surface area contributed by atoms with Crippen molar-refractivity contribution < 1.29 is 22.4 Å². The summed E-state index contributed by atoms with van der Waals surface area (Å²) in [5, 5.41) is 5.78. The Morgan fingerprint density at radius 3 is 2.60 bits per heavy atom. The van der Waals surface area contributed by atoms with Crippen LogP contribution in [0, 0.1) is 13.8 Å². The number of carbonyl (C=O) groups excluding carboxylic acids is 1. The van der Waals surface area contributed by atoms with Gasteiger partial charge in [0.1, 0.15) is 23.5 Å². The molecule has 0 bridgehead atoms.